The molecule has 10 rings (SSSR count). The molecule has 3 aromatic heterocycles. The van der Waals surface area contributed by atoms with Gasteiger partial charge < -0.3 is 4.90 Å². The molecule has 0 aliphatic heterocycles. The number of aromatic nitrogens is 3. The Morgan fingerprint density at radius 3 is 1.59 bits per heavy atom. The molecule has 0 fully saturated rings. The summed E-state index contributed by atoms with van der Waals surface area (Å²) < 4.78 is 1.18. The topological polar surface area (TPSA) is 41.9 Å². The number of benzene rings is 7. The quantitative estimate of drug-likeness (QED) is 0.130. The first-order chi connectivity index (χ1) is 35.0. The summed E-state index contributed by atoms with van der Waals surface area (Å²) in [7, 11) is 2.17. The third-order valence-corrected chi connectivity index (χ3v) is 15.5. The zero-order valence-corrected chi connectivity index (χ0v) is 45.1. The molecule has 0 bridgehead atoms. The fourth-order valence-corrected chi connectivity index (χ4v) is 11.0. The lowest BCUT2D eigenvalue weighted by Gasteiger charge is -2.26. The molecule has 5 heteroatoms. The van der Waals surface area contributed by atoms with Crippen molar-refractivity contribution in [3.63, 3.8) is 0 Å². The highest BCUT2D eigenvalue weighted by atomic mass is 32.1. The minimum atomic E-state index is -0.0559. The van der Waals surface area contributed by atoms with Crippen molar-refractivity contribution < 1.29 is 0 Å². The van der Waals surface area contributed by atoms with Crippen LogP contribution in [0.4, 0.5) is 11.5 Å². The molecule has 4 nitrogen and oxygen atoms in total. The van der Waals surface area contributed by atoms with Gasteiger partial charge in [0.2, 0.25) is 0 Å². The second-order valence-corrected chi connectivity index (χ2v) is 23.3. The lowest BCUT2D eigenvalue weighted by molar-refractivity contribution is 0.587. The van der Waals surface area contributed by atoms with E-state index in [1.165, 1.54) is 38.1 Å². The third-order valence-electron chi connectivity index (χ3n) is 14.1. The molecule has 0 radical (unpaired) electrons. The monoisotopic (exact) mass is 971 g/mol. The van der Waals surface area contributed by atoms with Crippen molar-refractivity contribution in [1.29, 1.82) is 0 Å². The number of rotatable bonds is 11. The maximum absolute atomic E-state index is 5.65. The molecule has 7 aromatic carbocycles. The number of fused-ring (bicyclic) bond motifs is 1. The molecular formula is C68H66N4S. The smallest absolute Gasteiger partial charge is 0.134 e. The Bertz CT molecular complexity index is 3510. The molecule has 0 saturated heterocycles. The van der Waals surface area contributed by atoms with E-state index in [0.717, 1.165) is 83.5 Å². The van der Waals surface area contributed by atoms with Crippen molar-refractivity contribution in [3.05, 3.63) is 210 Å². The van der Waals surface area contributed by atoms with Crippen molar-refractivity contribution in [3.8, 4) is 78.1 Å². The molecule has 0 unspecified atom stereocenters. The van der Waals surface area contributed by atoms with E-state index in [0.29, 0.717) is 0 Å². The van der Waals surface area contributed by atoms with Gasteiger partial charge in [-0.15, -0.1) is 11.3 Å². The second-order valence-electron chi connectivity index (χ2n) is 22.2. The zero-order valence-electron chi connectivity index (χ0n) is 44.2. The Morgan fingerprint density at radius 2 is 1.01 bits per heavy atom. The Kier molecular flexibility index (Phi) is 13.4. The van der Waals surface area contributed by atoms with Crippen molar-refractivity contribution in [2.75, 3.05) is 11.9 Å². The van der Waals surface area contributed by atoms with Crippen LogP contribution in [0, 0.1) is 0 Å². The van der Waals surface area contributed by atoms with Crippen LogP contribution >= 0.6 is 11.3 Å². The van der Waals surface area contributed by atoms with Crippen LogP contribution in [-0.4, -0.2) is 22.0 Å². The van der Waals surface area contributed by atoms with Crippen LogP contribution in [0.3, 0.4) is 0 Å². The van der Waals surface area contributed by atoms with Crippen LogP contribution < -0.4 is 4.90 Å². The Balaban J connectivity index is 1.24. The molecule has 364 valence electrons. The zero-order chi connectivity index (χ0) is 51.2. The van der Waals surface area contributed by atoms with Crippen LogP contribution in [-0.2, 0) is 10.8 Å². The lowest BCUT2D eigenvalue weighted by Crippen LogP contribution is -2.13. The lowest BCUT2D eigenvalue weighted by atomic mass is 9.81. The second kappa shape index (κ2) is 19.9. The number of nitrogens with zero attached hydrogens (tertiary/aromatic N) is 4. The van der Waals surface area contributed by atoms with Crippen molar-refractivity contribution in [2.24, 2.45) is 0 Å². The normalized spacial score (nSPS) is 12.0. The molecule has 0 aliphatic carbocycles. The van der Waals surface area contributed by atoms with Gasteiger partial charge in [0.15, 0.2) is 0 Å². The summed E-state index contributed by atoms with van der Waals surface area (Å²) in [6, 6.07) is 66.6. The third kappa shape index (κ3) is 10.2. The van der Waals surface area contributed by atoms with Crippen LogP contribution in [0.5, 0.6) is 0 Å². The van der Waals surface area contributed by atoms with E-state index in [1.807, 2.05) is 6.20 Å². The molecule has 0 amide bonds. The number of anilines is 2. The minimum Gasteiger partial charge on any atom is -0.329 e. The van der Waals surface area contributed by atoms with E-state index in [1.54, 1.807) is 11.3 Å². The van der Waals surface area contributed by atoms with Gasteiger partial charge >= 0.3 is 0 Å². The van der Waals surface area contributed by atoms with E-state index < -0.39 is 0 Å². The van der Waals surface area contributed by atoms with Gasteiger partial charge in [-0.05, 0) is 144 Å². The highest BCUT2D eigenvalue weighted by Crippen LogP contribution is 2.46. The minimum absolute atomic E-state index is 0.0525. The number of pyridine rings is 2. The van der Waals surface area contributed by atoms with Crippen LogP contribution in [0.1, 0.15) is 103 Å². The van der Waals surface area contributed by atoms with Gasteiger partial charge in [0, 0.05) is 35.5 Å². The largest absolute Gasteiger partial charge is 0.329 e. The summed E-state index contributed by atoms with van der Waals surface area (Å²) in [6.07, 6.45) is 1.97. The van der Waals surface area contributed by atoms with Gasteiger partial charge in [0.25, 0.3) is 0 Å². The fraction of sp³-hybridized carbons (Fsp3) is 0.221. The Labute approximate surface area is 437 Å². The summed E-state index contributed by atoms with van der Waals surface area (Å²) in [5.41, 5.74) is 21.5. The summed E-state index contributed by atoms with van der Waals surface area (Å²) >= 11 is 1.77. The van der Waals surface area contributed by atoms with Gasteiger partial charge in [0.05, 0.1) is 26.6 Å². The SMILES string of the molecule is CC(C)c1cc(-c2ccccc2)cc(C(C)C)c1-c1cc(-c2cc(C(C)(C)C)ccn2)cc(N(C)c2cc(-c3c(-c4ccccc4)cccc3-c3ccccc3)cc(-c3ccc4sc(C(C)(C)C)nc4c3)n2)c1. The predicted molar refractivity (Wildman–Crippen MR) is 313 cm³/mol. The standard InChI is InChI=1S/C68H66N4S/c1-43(2)57-37-49(45-22-15-12-16-23-45)38-58(44(3)4)65(57)51-34-50(59-42-53(32-33-69-59)67(5,6)7)35-54(36-51)72(11)63-41-52(40-60(70-63)48-30-31-62-61(39-48)71-66(73-62)68(8,9)10)64-55(46-24-17-13-18-25-46)28-21-29-56(64)47-26-19-14-20-27-47/h12-44H,1-11H3. The molecule has 73 heavy (non-hydrogen) atoms. The average Bonchev–Trinajstić information content (AvgIpc) is 3.85. The number of hydrogen-bond acceptors (Lipinski definition) is 5. The van der Waals surface area contributed by atoms with E-state index in [9.17, 15) is 0 Å². The van der Waals surface area contributed by atoms with Crippen molar-refractivity contribution in [2.45, 2.75) is 91.9 Å². The van der Waals surface area contributed by atoms with E-state index in [4.69, 9.17) is 15.0 Å². The van der Waals surface area contributed by atoms with E-state index in [2.05, 4.69) is 263 Å². The maximum atomic E-state index is 5.65. The number of thiazole rings is 1. The van der Waals surface area contributed by atoms with Gasteiger partial charge in [-0.25, -0.2) is 9.97 Å². The molecule has 0 N–H and O–H groups in total. The highest BCUT2D eigenvalue weighted by Gasteiger charge is 2.25. The van der Waals surface area contributed by atoms with Crippen molar-refractivity contribution >= 4 is 33.1 Å². The highest BCUT2D eigenvalue weighted by molar-refractivity contribution is 7.18. The van der Waals surface area contributed by atoms with Crippen LogP contribution in [0.25, 0.3) is 88.4 Å². The van der Waals surface area contributed by atoms with Crippen molar-refractivity contribution in [1.82, 2.24) is 15.0 Å². The first-order valence-corrected chi connectivity index (χ1v) is 26.6. The van der Waals surface area contributed by atoms with Crippen LogP contribution in [0.2, 0.25) is 0 Å². The predicted octanol–water partition coefficient (Wildman–Crippen LogP) is 19.4. The molecule has 0 atom stereocenters. The summed E-state index contributed by atoms with van der Waals surface area (Å²) in [5, 5.41) is 1.13. The molecule has 0 aliphatic rings. The first kappa shape index (κ1) is 49.1. The first-order valence-electron chi connectivity index (χ1n) is 25.8. The van der Waals surface area contributed by atoms with Gasteiger partial charge in [-0.1, -0.05) is 197 Å². The van der Waals surface area contributed by atoms with Crippen LogP contribution in [0.15, 0.2) is 188 Å². The summed E-state index contributed by atoms with van der Waals surface area (Å²) in [5.74, 6) is 1.36. The summed E-state index contributed by atoms with van der Waals surface area (Å²) in [4.78, 5) is 18.2. The van der Waals surface area contributed by atoms with Gasteiger partial charge in [-0.2, -0.15) is 0 Å². The Hall–Kier alpha value is -7.47. The molecule has 0 saturated carbocycles. The fourth-order valence-electron chi connectivity index (χ4n) is 9.98. The molecule has 10 aromatic rings. The van der Waals surface area contributed by atoms with E-state index in [-0.39, 0.29) is 22.7 Å². The average molecular weight is 971 g/mol. The van der Waals surface area contributed by atoms with Gasteiger partial charge in [-0.3, -0.25) is 4.98 Å². The number of hydrogen-bond donors (Lipinski definition) is 0. The maximum Gasteiger partial charge on any atom is 0.134 e. The van der Waals surface area contributed by atoms with Gasteiger partial charge in [0.1, 0.15) is 5.82 Å². The molecular weight excluding hydrogens is 905 g/mol. The van der Waals surface area contributed by atoms with E-state index >= 15 is 0 Å². The molecule has 3 heterocycles. The summed E-state index contributed by atoms with van der Waals surface area (Å²) in [6.45, 7) is 22.8. The Morgan fingerprint density at radius 1 is 0.438 bits per heavy atom. The molecule has 0 spiro atoms.